The molecule has 0 aliphatic heterocycles. The molecule has 0 saturated heterocycles. The van der Waals surface area contributed by atoms with Gasteiger partial charge in [0.2, 0.25) is 0 Å². The zero-order valence-electron chi connectivity index (χ0n) is 32.5. The Balaban J connectivity index is 1.16. The molecule has 0 aromatic heterocycles. The summed E-state index contributed by atoms with van der Waals surface area (Å²) < 4.78 is 16.9. The van der Waals surface area contributed by atoms with Crippen molar-refractivity contribution >= 4 is 18.3 Å². The SMILES string of the molecule is CC(C)(C)OC(=O)NCCCCCCCCCCN(CCCNC(=O)OC(C)(C)C)C(=O)OC1CCC2C(=CCC3C4CCCC4CCC23)C1. The molecular weight excluding hydrogens is 630 g/mol. The second-order valence-corrected chi connectivity index (χ2v) is 17.7. The van der Waals surface area contributed by atoms with E-state index in [1.54, 1.807) is 5.57 Å². The monoisotopic (exact) mass is 702 g/mol. The molecule has 0 aromatic carbocycles. The first kappa shape index (κ1) is 40.3. The van der Waals surface area contributed by atoms with E-state index >= 15 is 0 Å². The minimum atomic E-state index is -0.539. The topological polar surface area (TPSA) is 106 Å². The number of nitrogens with one attached hydrogen (secondary N) is 2. The number of fused-ring (bicyclic) bond motifs is 5. The third kappa shape index (κ3) is 13.6. The predicted molar refractivity (Wildman–Crippen MR) is 199 cm³/mol. The summed E-state index contributed by atoms with van der Waals surface area (Å²) in [6.07, 6.45) is 22.3. The van der Waals surface area contributed by atoms with Gasteiger partial charge in [-0.05, 0) is 129 Å². The van der Waals surface area contributed by atoms with Gasteiger partial charge in [-0.1, -0.05) is 63.0 Å². The Hall–Kier alpha value is -2.45. The molecule has 4 aliphatic rings. The van der Waals surface area contributed by atoms with Crippen LogP contribution in [0.3, 0.4) is 0 Å². The maximum Gasteiger partial charge on any atom is 0.410 e. The fraction of sp³-hybridized carbons (Fsp3) is 0.878. The Kier molecular flexibility index (Phi) is 15.6. The Morgan fingerprint density at radius 2 is 1.28 bits per heavy atom. The van der Waals surface area contributed by atoms with Crippen molar-refractivity contribution < 1.29 is 28.6 Å². The van der Waals surface area contributed by atoms with Crippen LogP contribution in [0.25, 0.3) is 0 Å². The first-order valence-corrected chi connectivity index (χ1v) is 20.4. The third-order valence-electron chi connectivity index (χ3n) is 11.4. The molecule has 0 aromatic rings. The van der Waals surface area contributed by atoms with E-state index in [9.17, 15) is 14.4 Å². The van der Waals surface area contributed by atoms with Crippen LogP contribution in [0.2, 0.25) is 0 Å². The van der Waals surface area contributed by atoms with Crippen molar-refractivity contribution in [2.75, 3.05) is 26.2 Å². The van der Waals surface area contributed by atoms with Crippen LogP contribution < -0.4 is 10.6 Å². The summed E-state index contributed by atoms with van der Waals surface area (Å²) in [5, 5.41) is 5.66. The van der Waals surface area contributed by atoms with Crippen molar-refractivity contribution in [2.45, 2.75) is 174 Å². The largest absolute Gasteiger partial charge is 0.446 e. The number of allylic oxidation sites excluding steroid dienone is 1. The van der Waals surface area contributed by atoms with Gasteiger partial charge in [-0.2, -0.15) is 0 Å². The molecule has 3 amide bonds. The number of alkyl carbamates (subject to hydrolysis) is 2. The molecule has 4 aliphatic carbocycles. The van der Waals surface area contributed by atoms with E-state index in [0.29, 0.717) is 38.5 Å². The Labute approximate surface area is 303 Å². The number of nitrogens with zero attached hydrogens (tertiary/aromatic N) is 1. The molecular formula is C41H71N3O6. The molecule has 2 N–H and O–H groups in total. The highest BCUT2D eigenvalue weighted by molar-refractivity contribution is 5.68. The molecule has 0 spiro atoms. The van der Waals surface area contributed by atoms with E-state index in [0.717, 1.165) is 81.5 Å². The minimum Gasteiger partial charge on any atom is -0.446 e. The molecule has 6 atom stereocenters. The number of unbranched alkanes of at least 4 members (excludes halogenated alkanes) is 7. The maximum atomic E-state index is 13.6. The summed E-state index contributed by atoms with van der Waals surface area (Å²) in [5.41, 5.74) is 0.562. The van der Waals surface area contributed by atoms with Crippen LogP contribution in [0.1, 0.15) is 157 Å². The number of amides is 3. The van der Waals surface area contributed by atoms with Crippen LogP contribution in [0.4, 0.5) is 14.4 Å². The fourth-order valence-electron chi connectivity index (χ4n) is 9.23. The first-order chi connectivity index (χ1) is 23.8. The van der Waals surface area contributed by atoms with Gasteiger partial charge in [0, 0.05) is 32.6 Å². The van der Waals surface area contributed by atoms with Crippen molar-refractivity contribution in [3.8, 4) is 0 Å². The summed E-state index contributed by atoms with van der Waals surface area (Å²) in [4.78, 5) is 39.3. The standard InChI is InChI=1S/C41H71N3O6/c1-40(2,3)49-37(45)42-25-13-11-9-7-8-10-12-14-27-44(28-16-26-43-38(46)50-41(4,5)6)39(47)48-32-21-24-34-31(29-32)20-23-35-33-18-15-17-30(33)19-22-36(34)35/h20,30,32-36H,7-19,21-29H2,1-6H3,(H,42,45)(H,43,46). The zero-order chi connectivity index (χ0) is 36.1. The Bertz CT molecular complexity index is 1110. The summed E-state index contributed by atoms with van der Waals surface area (Å²) in [6, 6.07) is 0. The lowest BCUT2D eigenvalue weighted by Gasteiger charge is -2.49. The van der Waals surface area contributed by atoms with Crippen LogP contribution in [0, 0.1) is 29.6 Å². The average Bonchev–Trinajstić information content (AvgIpc) is 3.52. The van der Waals surface area contributed by atoms with Crippen LogP contribution in [-0.4, -0.2) is 66.7 Å². The molecule has 0 heterocycles. The lowest BCUT2D eigenvalue weighted by Crippen LogP contribution is -2.42. The van der Waals surface area contributed by atoms with Crippen molar-refractivity contribution in [2.24, 2.45) is 29.6 Å². The van der Waals surface area contributed by atoms with Gasteiger partial charge < -0.3 is 29.7 Å². The first-order valence-electron chi connectivity index (χ1n) is 20.4. The van der Waals surface area contributed by atoms with Gasteiger partial charge in [0.1, 0.15) is 17.3 Å². The number of carbonyl (C=O) groups excluding carboxylic acids is 3. The van der Waals surface area contributed by atoms with Crippen molar-refractivity contribution in [3.63, 3.8) is 0 Å². The van der Waals surface area contributed by atoms with E-state index < -0.39 is 17.3 Å². The summed E-state index contributed by atoms with van der Waals surface area (Å²) in [7, 11) is 0. The second kappa shape index (κ2) is 19.4. The molecule has 3 saturated carbocycles. The van der Waals surface area contributed by atoms with Gasteiger partial charge >= 0.3 is 18.3 Å². The molecule has 286 valence electrons. The van der Waals surface area contributed by atoms with Crippen molar-refractivity contribution in [1.82, 2.24) is 15.5 Å². The van der Waals surface area contributed by atoms with Gasteiger partial charge in [0.15, 0.2) is 0 Å². The van der Waals surface area contributed by atoms with E-state index in [1.165, 1.54) is 51.4 Å². The van der Waals surface area contributed by atoms with Gasteiger partial charge in [-0.15, -0.1) is 0 Å². The number of rotatable bonds is 16. The van der Waals surface area contributed by atoms with Gasteiger partial charge in [-0.3, -0.25) is 0 Å². The maximum absolute atomic E-state index is 13.6. The number of hydrogen-bond acceptors (Lipinski definition) is 6. The summed E-state index contributed by atoms with van der Waals surface area (Å²) in [6.45, 7) is 13.5. The van der Waals surface area contributed by atoms with Crippen LogP contribution in [0.15, 0.2) is 11.6 Å². The minimum absolute atomic E-state index is 0.0360. The molecule has 50 heavy (non-hydrogen) atoms. The molecule has 0 bridgehead atoms. The molecule has 9 heteroatoms. The molecule has 6 unspecified atom stereocenters. The fourth-order valence-corrected chi connectivity index (χ4v) is 9.23. The van der Waals surface area contributed by atoms with Gasteiger partial charge in [-0.25, -0.2) is 14.4 Å². The lowest BCUT2D eigenvalue weighted by molar-refractivity contribution is 0.0223. The number of hydrogen-bond donors (Lipinski definition) is 2. The van der Waals surface area contributed by atoms with E-state index in [1.807, 2.05) is 46.4 Å². The highest BCUT2D eigenvalue weighted by Gasteiger charge is 2.47. The summed E-state index contributed by atoms with van der Waals surface area (Å²) >= 11 is 0. The normalized spacial score (nSPS) is 26.1. The number of ether oxygens (including phenoxy) is 3. The summed E-state index contributed by atoms with van der Waals surface area (Å²) in [5.74, 6) is 4.39. The zero-order valence-corrected chi connectivity index (χ0v) is 32.5. The average molecular weight is 702 g/mol. The highest BCUT2D eigenvalue weighted by atomic mass is 16.6. The van der Waals surface area contributed by atoms with Gasteiger partial charge in [0.05, 0.1) is 0 Å². The van der Waals surface area contributed by atoms with Crippen LogP contribution in [0.5, 0.6) is 0 Å². The van der Waals surface area contributed by atoms with E-state index in [2.05, 4.69) is 16.7 Å². The molecule has 9 nitrogen and oxygen atoms in total. The quantitative estimate of drug-likeness (QED) is 0.0943. The lowest BCUT2D eigenvalue weighted by atomic mass is 9.57. The number of carbonyl (C=O) groups is 3. The smallest absolute Gasteiger partial charge is 0.410 e. The van der Waals surface area contributed by atoms with Gasteiger partial charge in [0.25, 0.3) is 0 Å². The molecule has 3 fully saturated rings. The predicted octanol–water partition coefficient (Wildman–Crippen LogP) is 9.93. The highest BCUT2D eigenvalue weighted by Crippen LogP contribution is 2.56. The Morgan fingerprint density at radius 1 is 0.680 bits per heavy atom. The van der Waals surface area contributed by atoms with Crippen LogP contribution >= 0.6 is 0 Å². The molecule has 4 rings (SSSR count). The van der Waals surface area contributed by atoms with Crippen LogP contribution in [-0.2, 0) is 14.2 Å². The third-order valence-corrected chi connectivity index (χ3v) is 11.4. The van der Waals surface area contributed by atoms with Crippen molar-refractivity contribution in [3.05, 3.63) is 11.6 Å². The second-order valence-electron chi connectivity index (χ2n) is 17.7. The van der Waals surface area contributed by atoms with Crippen molar-refractivity contribution in [1.29, 1.82) is 0 Å². The molecule has 0 radical (unpaired) electrons. The van der Waals surface area contributed by atoms with E-state index in [-0.39, 0.29) is 18.3 Å². The Morgan fingerprint density at radius 3 is 1.94 bits per heavy atom. The van der Waals surface area contributed by atoms with E-state index in [4.69, 9.17) is 14.2 Å².